The molecule has 1 aliphatic rings. The molecule has 1 aliphatic heterocycles. The summed E-state index contributed by atoms with van der Waals surface area (Å²) in [4.78, 5) is 19.4. The second-order valence-electron chi connectivity index (χ2n) is 6.62. The summed E-state index contributed by atoms with van der Waals surface area (Å²) >= 11 is 0. The number of likely N-dealkylation sites (N-methyl/N-ethyl adjacent to an activating group) is 1. The molecule has 1 saturated heterocycles. The van der Waals surface area contributed by atoms with Crippen LogP contribution in [0.25, 0.3) is 0 Å². The number of benzene rings is 1. The molecule has 1 aromatic carbocycles. The minimum atomic E-state index is -0.609. The van der Waals surface area contributed by atoms with E-state index in [1.165, 1.54) is 0 Å². The van der Waals surface area contributed by atoms with Crippen molar-refractivity contribution in [2.45, 2.75) is 24.9 Å². The van der Waals surface area contributed by atoms with Crippen molar-refractivity contribution in [3.8, 4) is 5.75 Å². The first-order valence-corrected chi connectivity index (χ1v) is 8.92. The van der Waals surface area contributed by atoms with Gasteiger partial charge in [0.05, 0.1) is 12.8 Å². The number of aromatic nitrogens is 1. The Balaban J connectivity index is 1.70. The highest BCUT2D eigenvalue weighted by atomic mass is 16.5. The van der Waals surface area contributed by atoms with E-state index in [2.05, 4.69) is 20.5 Å². The molecule has 0 spiro atoms. The summed E-state index contributed by atoms with van der Waals surface area (Å²) in [6.45, 7) is 2.48. The lowest BCUT2D eigenvalue weighted by molar-refractivity contribution is -0.126. The van der Waals surface area contributed by atoms with Gasteiger partial charge in [-0.1, -0.05) is 12.1 Å². The minimum Gasteiger partial charge on any atom is -0.497 e. The first-order valence-electron chi connectivity index (χ1n) is 8.92. The van der Waals surface area contributed by atoms with Gasteiger partial charge in [0.15, 0.2) is 0 Å². The van der Waals surface area contributed by atoms with E-state index in [0.29, 0.717) is 0 Å². The van der Waals surface area contributed by atoms with Crippen LogP contribution in [0.1, 0.15) is 18.5 Å². The van der Waals surface area contributed by atoms with Crippen molar-refractivity contribution in [2.24, 2.45) is 0 Å². The van der Waals surface area contributed by atoms with Crippen molar-refractivity contribution in [3.05, 3.63) is 54.4 Å². The molecule has 6 nitrogen and oxygen atoms in total. The Morgan fingerprint density at radius 1 is 1.23 bits per heavy atom. The van der Waals surface area contributed by atoms with Crippen LogP contribution in [0.5, 0.6) is 5.75 Å². The quantitative estimate of drug-likeness (QED) is 0.833. The number of carbonyl (C=O) groups is 1. The number of pyridine rings is 1. The summed E-state index contributed by atoms with van der Waals surface area (Å²) in [5, 5.41) is 6.30. The molecule has 2 N–H and O–H groups in total. The SMILES string of the molecule is CNC(=O)C1(Nc2cccc(OC)c2)CCN(Cc2ccccn2)CC1. The third-order valence-corrected chi connectivity index (χ3v) is 4.94. The third kappa shape index (κ3) is 4.14. The predicted octanol–water partition coefficient (Wildman–Crippen LogP) is 2.28. The Kier molecular flexibility index (Phi) is 5.73. The lowest BCUT2D eigenvalue weighted by Gasteiger charge is -2.41. The summed E-state index contributed by atoms with van der Waals surface area (Å²) in [6.07, 6.45) is 3.28. The van der Waals surface area contributed by atoms with E-state index in [9.17, 15) is 4.79 Å². The highest BCUT2D eigenvalue weighted by Crippen LogP contribution is 2.29. The zero-order valence-electron chi connectivity index (χ0n) is 15.4. The Morgan fingerprint density at radius 2 is 2.04 bits per heavy atom. The zero-order valence-corrected chi connectivity index (χ0v) is 15.4. The molecule has 0 aliphatic carbocycles. The molecule has 0 atom stereocenters. The Bertz CT molecular complexity index is 728. The summed E-state index contributed by atoms with van der Waals surface area (Å²) in [7, 11) is 3.33. The highest BCUT2D eigenvalue weighted by Gasteiger charge is 2.40. The molecule has 0 radical (unpaired) electrons. The van der Waals surface area contributed by atoms with Gasteiger partial charge < -0.3 is 15.4 Å². The number of nitrogens with one attached hydrogen (secondary N) is 2. The number of piperidine rings is 1. The summed E-state index contributed by atoms with van der Waals surface area (Å²) in [6, 6.07) is 13.7. The van der Waals surface area contributed by atoms with Gasteiger partial charge in [0, 0.05) is 44.6 Å². The van der Waals surface area contributed by atoms with Crippen LogP contribution in [0.15, 0.2) is 48.7 Å². The van der Waals surface area contributed by atoms with Crippen molar-refractivity contribution >= 4 is 11.6 Å². The Labute approximate surface area is 154 Å². The van der Waals surface area contributed by atoms with Crippen LogP contribution in [0.2, 0.25) is 0 Å². The first kappa shape index (κ1) is 18.2. The molecular formula is C20H26N4O2. The molecule has 1 amide bonds. The monoisotopic (exact) mass is 354 g/mol. The number of rotatable bonds is 6. The number of methoxy groups -OCH3 is 1. The molecule has 26 heavy (non-hydrogen) atoms. The molecule has 1 aromatic heterocycles. The molecule has 138 valence electrons. The summed E-state index contributed by atoms with van der Waals surface area (Å²) < 4.78 is 5.29. The molecule has 0 bridgehead atoms. The maximum absolute atomic E-state index is 12.7. The zero-order chi connectivity index (χ0) is 18.4. The molecule has 0 unspecified atom stereocenters. The molecule has 6 heteroatoms. The predicted molar refractivity (Wildman–Crippen MR) is 102 cm³/mol. The molecular weight excluding hydrogens is 328 g/mol. The average molecular weight is 354 g/mol. The lowest BCUT2D eigenvalue weighted by atomic mass is 9.86. The van der Waals surface area contributed by atoms with Crippen LogP contribution in [-0.4, -0.2) is 48.6 Å². The minimum absolute atomic E-state index is 0.0257. The first-order chi connectivity index (χ1) is 12.6. The van der Waals surface area contributed by atoms with Gasteiger partial charge in [0.25, 0.3) is 0 Å². The normalized spacial score (nSPS) is 16.7. The summed E-state index contributed by atoms with van der Waals surface area (Å²) in [5.74, 6) is 0.799. The number of ether oxygens (including phenoxy) is 1. The van der Waals surface area contributed by atoms with Crippen LogP contribution in [-0.2, 0) is 11.3 Å². The van der Waals surface area contributed by atoms with Crippen molar-refractivity contribution in [3.63, 3.8) is 0 Å². The van der Waals surface area contributed by atoms with Crippen molar-refractivity contribution in [2.75, 3.05) is 32.6 Å². The maximum atomic E-state index is 12.7. The van der Waals surface area contributed by atoms with E-state index in [1.54, 1.807) is 14.2 Å². The Morgan fingerprint density at radius 3 is 2.69 bits per heavy atom. The maximum Gasteiger partial charge on any atom is 0.245 e. The van der Waals surface area contributed by atoms with Crippen LogP contribution >= 0.6 is 0 Å². The number of hydrogen-bond donors (Lipinski definition) is 2. The number of likely N-dealkylation sites (tertiary alicyclic amines) is 1. The van der Waals surface area contributed by atoms with Crippen LogP contribution in [0.3, 0.4) is 0 Å². The lowest BCUT2D eigenvalue weighted by Crippen LogP contribution is -2.57. The van der Waals surface area contributed by atoms with Gasteiger partial charge in [-0.05, 0) is 37.1 Å². The van der Waals surface area contributed by atoms with Gasteiger partial charge in [-0.25, -0.2) is 0 Å². The standard InChI is InChI=1S/C20H26N4O2/c1-21-19(25)20(23-16-7-5-8-18(14-16)26-2)9-12-24(13-10-20)15-17-6-3-4-11-22-17/h3-8,11,14,23H,9-10,12-13,15H2,1-2H3,(H,21,25). The van der Waals surface area contributed by atoms with E-state index in [-0.39, 0.29) is 5.91 Å². The van der Waals surface area contributed by atoms with Crippen LogP contribution in [0.4, 0.5) is 5.69 Å². The third-order valence-electron chi connectivity index (χ3n) is 4.94. The summed E-state index contributed by atoms with van der Waals surface area (Å²) in [5.41, 5.74) is 1.34. The van der Waals surface area contributed by atoms with Crippen LogP contribution in [0, 0.1) is 0 Å². The second kappa shape index (κ2) is 8.19. The second-order valence-corrected chi connectivity index (χ2v) is 6.62. The van der Waals surface area contributed by atoms with E-state index in [0.717, 1.165) is 49.6 Å². The van der Waals surface area contributed by atoms with E-state index >= 15 is 0 Å². The number of carbonyl (C=O) groups excluding carboxylic acids is 1. The van der Waals surface area contributed by atoms with Gasteiger partial charge in [-0.2, -0.15) is 0 Å². The van der Waals surface area contributed by atoms with E-state index in [1.807, 2.05) is 48.7 Å². The van der Waals surface area contributed by atoms with Crippen molar-refractivity contribution in [1.29, 1.82) is 0 Å². The number of anilines is 1. The molecule has 0 saturated carbocycles. The largest absolute Gasteiger partial charge is 0.497 e. The topological polar surface area (TPSA) is 66.5 Å². The molecule has 1 fully saturated rings. The fraction of sp³-hybridized carbons (Fsp3) is 0.400. The van der Waals surface area contributed by atoms with Gasteiger partial charge in [-0.15, -0.1) is 0 Å². The van der Waals surface area contributed by atoms with Gasteiger partial charge in [-0.3, -0.25) is 14.7 Å². The number of nitrogens with zero attached hydrogens (tertiary/aromatic N) is 2. The fourth-order valence-corrected chi connectivity index (χ4v) is 3.44. The fourth-order valence-electron chi connectivity index (χ4n) is 3.44. The number of amides is 1. The average Bonchev–Trinajstić information content (AvgIpc) is 2.70. The molecule has 2 aromatic rings. The van der Waals surface area contributed by atoms with Crippen molar-refractivity contribution < 1.29 is 9.53 Å². The van der Waals surface area contributed by atoms with E-state index < -0.39 is 5.54 Å². The molecule has 3 rings (SSSR count). The van der Waals surface area contributed by atoms with E-state index in [4.69, 9.17) is 4.74 Å². The number of hydrogen-bond acceptors (Lipinski definition) is 5. The van der Waals surface area contributed by atoms with Crippen LogP contribution < -0.4 is 15.4 Å². The molecule has 2 heterocycles. The Hall–Kier alpha value is -2.60. The van der Waals surface area contributed by atoms with Gasteiger partial charge >= 0.3 is 0 Å². The van der Waals surface area contributed by atoms with Gasteiger partial charge in [0.1, 0.15) is 11.3 Å². The highest BCUT2D eigenvalue weighted by molar-refractivity contribution is 5.89. The smallest absolute Gasteiger partial charge is 0.245 e. The van der Waals surface area contributed by atoms with Gasteiger partial charge in [0.2, 0.25) is 5.91 Å². The van der Waals surface area contributed by atoms with Crippen molar-refractivity contribution in [1.82, 2.24) is 15.2 Å².